The Balaban J connectivity index is 2.76. The van der Waals surface area contributed by atoms with Crippen LogP contribution in [0.25, 0.3) is 0 Å². The van der Waals surface area contributed by atoms with Crippen molar-refractivity contribution in [2.45, 2.75) is 20.3 Å². The minimum absolute atomic E-state index is 0.0709. The smallest absolute Gasteiger partial charge is 0.308 e. The molecule has 1 amide bonds. The number of hydrogen-bond donors (Lipinski definition) is 2. The Bertz CT molecular complexity index is 460. The van der Waals surface area contributed by atoms with Crippen LogP contribution in [0.3, 0.4) is 0 Å². The van der Waals surface area contributed by atoms with Gasteiger partial charge in [0.05, 0.1) is 5.92 Å². The summed E-state index contributed by atoms with van der Waals surface area (Å²) in [4.78, 5) is 21.9. The standard InChI is InChI=1S/C13H16FNO3/c1-8-5-12(14)4-3-10(8)6-11(13(17)18)7-15-9(2)16/h3-5,11H,6-7H2,1-2H3,(H,15,16)(H,17,18). The molecule has 1 unspecified atom stereocenters. The molecule has 0 aliphatic heterocycles. The number of nitrogens with one attached hydrogen (secondary N) is 1. The lowest BCUT2D eigenvalue weighted by atomic mass is 9.96. The molecule has 0 saturated heterocycles. The van der Waals surface area contributed by atoms with Crippen LogP contribution in [-0.2, 0) is 16.0 Å². The van der Waals surface area contributed by atoms with E-state index in [1.807, 2.05) is 0 Å². The van der Waals surface area contributed by atoms with Crippen LogP contribution < -0.4 is 5.32 Å². The number of carbonyl (C=O) groups excluding carboxylic acids is 1. The largest absolute Gasteiger partial charge is 0.481 e. The van der Waals surface area contributed by atoms with Gasteiger partial charge in [-0.3, -0.25) is 9.59 Å². The van der Waals surface area contributed by atoms with Gasteiger partial charge in [0.2, 0.25) is 5.91 Å². The van der Waals surface area contributed by atoms with E-state index in [4.69, 9.17) is 5.11 Å². The van der Waals surface area contributed by atoms with E-state index in [0.29, 0.717) is 5.56 Å². The van der Waals surface area contributed by atoms with Gasteiger partial charge in [0, 0.05) is 13.5 Å². The van der Waals surface area contributed by atoms with Crippen molar-refractivity contribution < 1.29 is 19.1 Å². The highest BCUT2D eigenvalue weighted by Crippen LogP contribution is 2.15. The molecule has 0 spiro atoms. The lowest BCUT2D eigenvalue weighted by Crippen LogP contribution is -2.32. The summed E-state index contributed by atoms with van der Waals surface area (Å²) in [6.07, 6.45) is 0.266. The SMILES string of the molecule is CC(=O)NCC(Cc1ccc(F)cc1C)C(=O)O. The Morgan fingerprint density at radius 1 is 1.44 bits per heavy atom. The van der Waals surface area contributed by atoms with E-state index in [1.165, 1.54) is 19.1 Å². The number of aliphatic carboxylic acids is 1. The molecule has 1 aromatic rings. The Kier molecular flexibility index (Phi) is 4.83. The molecule has 18 heavy (non-hydrogen) atoms. The minimum Gasteiger partial charge on any atom is -0.481 e. The second-order valence-corrected chi connectivity index (χ2v) is 4.25. The van der Waals surface area contributed by atoms with Crippen molar-refractivity contribution in [3.63, 3.8) is 0 Å². The molecule has 0 aliphatic carbocycles. The highest BCUT2D eigenvalue weighted by Gasteiger charge is 2.19. The van der Waals surface area contributed by atoms with Gasteiger partial charge in [-0.1, -0.05) is 6.07 Å². The summed E-state index contributed by atoms with van der Waals surface area (Å²) in [6, 6.07) is 4.25. The zero-order valence-corrected chi connectivity index (χ0v) is 10.4. The number of hydrogen-bond acceptors (Lipinski definition) is 2. The van der Waals surface area contributed by atoms with Crippen molar-refractivity contribution in [1.82, 2.24) is 5.32 Å². The average Bonchev–Trinajstić information content (AvgIpc) is 2.26. The van der Waals surface area contributed by atoms with Crippen molar-refractivity contribution in [3.8, 4) is 0 Å². The van der Waals surface area contributed by atoms with E-state index < -0.39 is 11.9 Å². The third kappa shape index (κ3) is 4.16. The van der Waals surface area contributed by atoms with E-state index in [1.54, 1.807) is 13.0 Å². The number of aryl methyl sites for hydroxylation is 1. The second kappa shape index (κ2) is 6.14. The highest BCUT2D eigenvalue weighted by molar-refractivity contribution is 5.75. The Morgan fingerprint density at radius 3 is 2.61 bits per heavy atom. The zero-order chi connectivity index (χ0) is 13.7. The third-order valence-corrected chi connectivity index (χ3v) is 2.72. The lowest BCUT2D eigenvalue weighted by molar-refractivity contribution is -0.141. The van der Waals surface area contributed by atoms with Gasteiger partial charge in [-0.15, -0.1) is 0 Å². The van der Waals surface area contributed by atoms with Crippen molar-refractivity contribution in [3.05, 3.63) is 35.1 Å². The molecule has 0 fully saturated rings. The number of benzene rings is 1. The van der Waals surface area contributed by atoms with Crippen LogP contribution in [-0.4, -0.2) is 23.5 Å². The molecule has 0 bridgehead atoms. The summed E-state index contributed by atoms with van der Waals surface area (Å²) in [5.74, 6) is -2.30. The lowest BCUT2D eigenvalue weighted by Gasteiger charge is -2.14. The van der Waals surface area contributed by atoms with Gasteiger partial charge in [0.25, 0.3) is 0 Å². The molecule has 0 aromatic heterocycles. The molecule has 0 aliphatic rings. The molecule has 2 N–H and O–H groups in total. The van der Waals surface area contributed by atoms with Crippen LogP contribution in [0.2, 0.25) is 0 Å². The van der Waals surface area contributed by atoms with Crippen LogP contribution in [0.5, 0.6) is 0 Å². The summed E-state index contributed by atoms with van der Waals surface area (Å²) < 4.78 is 12.9. The van der Waals surface area contributed by atoms with E-state index >= 15 is 0 Å². The van der Waals surface area contributed by atoms with Gasteiger partial charge in [0.15, 0.2) is 0 Å². The normalized spacial score (nSPS) is 11.9. The fourth-order valence-electron chi connectivity index (χ4n) is 1.67. The van der Waals surface area contributed by atoms with Gasteiger partial charge in [-0.2, -0.15) is 0 Å². The van der Waals surface area contributed by atoms with Crippen LogP contribution in [0.15, 0.2) is 18.2 Å². The van der Waals surface area contributed by atoms with Crippen LogP contribution >= 0.6 is 0 Å². The van der Waals surface area contributed by atoms with Crippen molar-refractivity contribution in [2.24, 2.45) is 5.92 Å². The predicted molar refractivity (Wildman–Crippen MR) is 64.7 cm³/mol. The fraction of sp³-hybridized carbons (Fsp3) is 0.385. The number of carboxylic acid groups (broad SMARTS) is 1. The molecule has 5 heteroatoms. The molecule has 1 atom stereocenters. The average molecular weight is 253 g/mol. The van der Waals surface area contributed by atoms with Crippen molar-refractivity contribution >= 4 is 11.9 Å². The van der Waals surface area contributed by atoms with Crippen LogP contribution in [0.1, 0.15) is 18.1 Å². The topological polar surface area (TPSA) is 66.4 Å². The highest BCUT2D eigenvalue weighted by atomic mass is 19.1. The van der Waals surface area contributed by atoms with Gasteiger partial charge in [-0.25, -0.2) is 4.39 Å². The first-order valence-corrected chi connectivity index (χ1v) is 5.62. The first kappa shape index (κ1) is 14.2. The van der Waals surface area contributed by atoms with E-state index in [-0.39, 0.29) is 24.7 Å². The zero-order valence-electron chi connectivity index (χ0n) is 10.4. The Labute approximate surface area is 105 Å². The summed E-state index contributed by atoms with van der Waals surface area (Å²) in [6.45, 7) is 3.14. The molecule has 0 radical (unpaired) electrons. The van der Waals surface area contributed by atoms with E-state index in [0.717, 1.165) is 5.56 Å². The maximum atomic E-state index is 12.9. The van der Waals surface area contributed by atoms with Crippen molar-refractivity contribution in [2.75, 3.05) is 6.54 Å². The molecule has 1 rings (SSSR count). The molecule has 4 nitrogen and oxygen atoms in total. The van der Waals surface area contributed by atoms with E-state index in [2.05, 4.69) is 5.32 Å². The minimum atomic E-state index is -0.979. The molecular weight excluding hydrogens is 237 g/mol. The molecule has 98 valence electrons. The van der Waals surface area contributed by atoms with E-state index in [9.17, 15) is 14.0 Å². The molecule has 0 heterocycles. The maximum absolute atomic E-state index is 12.9. The summed E-state index contributed by atoms with van der Waals surface area (Å²) in [5, 5.41) is 11.6. The number of halogens is 1. The predicted octanol–water partition coefficient (Wildman–Crippen LogP) is 1.51. The van der Waals surface area contributed by atoms with Crippen LogP contribution in [0.4, 0.5) is 4.39 Å². The first-order valence-electron chi connectivity index (χ1n) is 5.62. The number of amides is 1. The molecule has 0 saturated carbocycles. The quantitative estimate of drug-likeness (QED) is 0.836. The van der Waals surface area contributed by atoms with Crippen molar-refractivity contribution in [1.29, 1.82) is 0 Å². The van der Waals surface area contributed by atoms with Gasteiger partial charge in [-0.05, 0) is 36.6 Å². The summed E-state index contributed by atoms with van der Waals surface area (Å²) in [5.41, 5.74) is 1.48. The molecule has 1 aromatic carbocycles. The fourth-order valence-corrected chi connectivity index (χ4v) is 1.67. The van der Waals surface area contributed by atoms with Crippen LogP contribution in [0, 0.1) is 18.7 Å². The van der Waals surface area contributed by atoms with Gasteiger partial charge >= 0.3 is 5.97 Å². The van der Waals surface area contributed by atoms with Gasteiger partial charge < -0.3 is 10.4 Å². The summed E-state index contributed by atoms with van der Waals surface area (Å²) in [7, 11) is 0. The second-order valence-electron chi connectivity index (χ2n) is 4.25. The first-order chi connectivity index (χ1) is 8.40. The third-order valence-electron chi connectivity index (χ3n) is 2.72. The Morgan fingerprint density at radius 2 is 2.11 bits per heavy atom. The molecular formula is C13H16FNO3. The Hall–Kier alpha value is -1.91. The monoisotopic (exact) mass is 253 g/mol. The number of carboxylic acids is 1. The summed E-state index contributed by atoms with van der Waals surface area (Å²) >= 11 is 0. The number of rotatable bonds is 5. The van der Waals surface area contributed by atoms with Gasteiger partial charge in [0.1, 0.15) is 5.82 Å². The maximum Gasteiger partial charge on any atom is 0.308 e. The number of carbonyl (C=O) groups is 2.